The SMILES string of the molecule is CCC1CC(C(C)C)CC(C)C1N1Cc2ccc(C(=O)OC)cc2C1. The first-order chi connectivity index (χ1) is 11.9. The van der Waals surface area contributed by atoms with E-state index in [1.807, 2.05) is 12.1 Å². The minimum atomic E-state index is -0.238. The Morgan fingerprint density at radius 1 is 1.24 bits per heavy atom. The van der Waals surface area contributed by atoms with Gasteiger partial charge in [0.15, 0.2) is 0 Å². The molecule has 1 fully saturated rings. The highest BCUT2D eigenvalue weighted by Crippen LogP contribution is 2.43. The van der Waals surface area contributed by atoms with Crippen molar-refractivity contribution in [2.24, 2.45) is 23.7 Å². The lowest BCUT2D eigenvalue weighted by molar-refractivity contribution is 0.0229. The Kier molecular flexibility index (Phi) is 5.52. The van der Waals surface area contributed by atoms with Gasteiger partial charge >= 0.3 is 5.97 Å². The fourth-order valence-electron chi connectivity index (χ4n) is 5.19. The molecule has 0 aromatic heterocycles. The maximum Gasteiger partial charge on any atom is 0.337 e. The molecule has 1 aliphatic carbocycles. The van der Waals surface area contributed by atoms with Crippen LogP contribution in [0.4, 0.5) is 0 Å². The largest absolute Gasteiger partial charge is 0.465 e. The van der Waals surface area contributed by atoms with E-state index in [9.17, 15) is 4.79 Å². The molecule has 0 amide bonds. The lowest BCUT2D eigenvalue weighted by atomic mass is 9.67. The first kappa shape index (κ1) is 18.4. The highest BCUT2D eigenvalue weighted by Gasteiger charge is 2.40. The van der Waals surface area contributed by atoms with E-state index in [-0.39, 0.29) is 5.97 Å². The number of benzene rings is 1. The molecule has 2 aliphatic rings. The van der Waals surface area contributed by atoms with Crippen LogP contribution < -0.4 is 0 Å². The number of nitrogens with zero attached hydrogens (tertiary/aromatic N) is 1. The molecular weight excluding hydrogens is 310 g/mol. The summed E-state index contributed by atoms with van der Waals surface area (Å²) in [6.07, 6.45) is 3.97. The van der Waals surface area contributed by atoms with Gasteiger partial charge in [-0.05, 0) is 59.8 Å². The van der Waals surface area contributed by atoms with Crippen molar-refractivity contribution in [1.82, 2.24) is 4.90 Å². The highest BCUT2D eigenvalue weighted by atomic mass is 16.5. The third-order valence-electron chi connectivity index (χ3n) is 6.61. The molecule has 1 aliphatic heterocycles. The Morgan fingerprint density at radius 2 is 1.96 bits per heavy atom. The molecule has 0 saturated heterocycles. The van der Waals surface area contributed by atoms with Gasteiger partial charge in [-0.1, -0.05) is 40.2 Å². The van der Waals surface area contributed by atoms with Gasteiger partial charge in [-0.25, -0.2) is 4.79 Å². The summed E-state index contributed by atoms with van der Waals surface area (Å²) in [5, 5.41) is 0. The number of methoxy groups -OCH3 is 1. The molecular formula is C22H33NO2. The maximum absolute atomic E-state index is 11.8. The van der Waals surface area contributed by atoms with Crippen LogP contribution in [0.2, 0.25) is 0 Å². The van der Waals surface area contributed by atoms with Gasteiger partial charge < -0.3 is 4.74 Å². The molecule has 4 unspecified atom stereocenters. The number of esters is 1. The number of hydrogen-bond acceptors (Lipinski definition) is 3. The van der Waals surface area contributed by atoms with Crippen LogP contribution in [-0.2, 0) is 17.8 Å². The second kappa shape index (κ2) is 7.49. The molecule has 0 spiro atoms. The van der Waals surface area contributed by atoms with Crippen molar-refractivity contribution in [2.75, 3.05) is 7.11 Å². The molecule has 25 heavy (non-hydrogen) atoms. The normalized spacial score (nSPS) is 29.7. The van der Waals surface area contributed by atoms with Crippen molar-refractivity contribution < 1.29 is 9.53 Å². The van der Waals surface area contributed by atoms with Gasteiger partial charge in [0.25, 0.3) is 0 Å². The third-order valence-corrected chi connectivity index (χ3v) is 6.61. The van der Waals surface area contributed by atoms with Crippen LogP contribution in [0.3, 0.4) is 0 Å². The fourth-order valence-corrected chi connectivity index (χ4v) is 5.19. The minimum Gasteiger partial charge on any atom is -0.465 e. The highest BCUT2D eigenvalue weighted by molar-refractivity contribution is 5.89. The summed E-state index contributed by atoms with van der Waals surface area (Å²) in [7, 11) is 1.45. The molecule has 3 rings (SSSR count). The van der Waals surface area contributed by atoms with E-state index in [4.69, 9.17) is 4.74 Å². The zero-order valence-electron chi connectivity index (χ0n) is 16.4. The van der Waals surface area contributed by atoms with Crippen LogP contribution in [0, 0.1) is 23.7 Å². The van der Waals surface area contributed by atoms with Crippen LogP contribution in [-0.4, -0.2) is 24.0 Å². The van der Waals surface area contributed by atoms with E-state index in [0.717, 1.165) is 36.8 Å². The van der Waals surface area contributed by atoms with Gasteiger partial charge in [-0.15, -0.1) is 0 Å². The van der Waals surface area contributed by atoms with Crippen molar-refractivity contribution in [3.05, 3.63) is 34.9 Å². The molecule has 0 bridgehead atoms. The summed E-state index contributed by atoms with van der Waals surface area (Å²) in [5.41, 5.74) is 3.35. The van der Waals surface area contributed by atoms with Gasteiger partial charge in [-0.3, -0.25) is 4.90 Å². The van der Waals surface area contributed by atoms with Gasteiger partial charge in [0, 0.05) is 19.1 Å². The van der Waals surface area contributed by atoms with E-state index in [1.165, 1.54) is 37.5 Å². The fraction of sp³-hybridized carbons (Fsp3) is 0.682. The molecule has 3 nitrogen and oxygen atoms in total. The van der Waals surface area contributed by atoms with E-state index >= 15 is 0 Å². The second-order valence-electron chi connectivity index (χ2n) is 8.49. The Hall–Kier alpha value is -1.35. The van der Waals surface area contributed by atoms with Crippen LogP contribution in [0.25, 0.3) is 0 Å². The zero-order chi connectivity index (χ0) is 18.1. The smallest absolute Gasteiger partial charge is 0.337 e. The summed E-state index contributed by atoms with van der Waals surface area (Å²) in [5.74, 6) is 2.94. The Labute approximate surface area is 152 Å². The molecule has 3 heteroatoms. The summed E-state index contributed by atoms with van der Waals surface area (Å²) >= 11 is 0. The number of rotatable bonds is 4. The van der Waals surface area contributed by atoms with E-state index in [1.54, 1.807) is 0 Å². The van der Waals surface area contributed by atoms with Gasteiger partial charge in [0.2, 0.25) is 0 Å². The van der Waals surface area contributed by atoms with Crippen molar-refractivity contribution in [3.8, 4) is 0 Å². The monoisotopic (exact) mass is 343 g/mol. The third kappa shape index (κ3) is 3.62. The van der Waals surface area contributed by atoms with Crippen LogP contribution in [0.1, 0.15) is 68.4 Å². The topological polar surface area (TPSA) is 29.5 Å². The number of fused-ring (bicyclic) bond motifs is 1. The van der Waals surface area contributed by atoms with Crippen molar-refractivity contribution in [2.45, 2.75) is 66.1 Å². The zero-order valence-corrected chi connectivity index (χ0v) is 16.4. The van der Waals surface area contributed by atoms with Crippen molar-refractivity contribution >= 4 is 5.97 Å². The lowest BCUT2D eigenvalue weighted by Gasteiger charge is -2.46. The van der Waals surface area contributed by atoms with E-state index in [2.05, 4.69) is 38.7 Å². The molecule has 0 radical (unpaired) electrons. The Balaban J connectivity index is 1.77. The second-order valence-corrected chi connectivity index (χ2v) is 8.49. The Bertz CT molecular complexity index is 624. The maximum atomic E-state index is 11.8. The summed E-state index contributed by atoms with van der Waals surface area (Å²) in [6, 6.07) is 6.72. The van der Waals surface area contributed by atoms with Crippen LogP contribution in [0.5, 0.6) is 0 Å². The van der Waals surface area contributed by atoms with Crippen LogP contribution in [0.15, 0.2) is 18.2 Å². The molecule has 4 atom stereocenters. The number of carbonyl (C=O) groups is 1. The first-order valence-corrected chi connectivity index (χ1v) is 9.88. The molecule has 1 saturated carbocycles. The Morgan fingerprint density at radius 3 is 2.60 bits per heavy atom. The molecule has 1 heterocycles. The number of ether oxygens (including phenoxy) is 1. The molecule has 138 valence electrons. The summed E-state index contributed by atoms with van der Waals surface area (Å²) in [6.45, 7) is 11.6. The minimum absolute atomic E-state index is 0.238. The summed E-state index contributed by atoms with van der Waals surface area (Å²) < 4.78 is 4.87. The number of hydrogen-bond donors (Lipinski definition) is 0. The van der Waals surface area contributed by atoms with Gasteiger partial charge in [-0.2, -0.15) is 0 Å². The van der Waals surface area contributed by atoms with Gasteiger partial charge in [0.05, 0.1) is 12.7 Å². The quantitative estimate of drug-likeness (QED) is 0.729. The van der Waals surface area contributed by atoms with Crippen molar-refractivity contribution in [3.63, 3.8) is 0 Å². The lowest BCUT2D eigenvalue weighted by Crippen LogP contribution is -2.47. The standard InChI is InChI=1S/C22H33NO2/c1-6-16-10-19(14(2)3)9-15(4)21(16)23-12-18-8-7-17(22(24)25-5)11-20(18)13-23/h7-8,11,14-16,19,21H,6,9-10,12-13H2,1-5H3. The molecule has 1 aromatic rings. The summed E-state index contributed by atoms with van der Waals surface area (Å²) in [4.78, 5) is 14.5. The van der Waals surface area contributed by atoms with E-state index < -0.39 is 0 Å². The average molecular weight is 344 g/mol. The predicted octanol–water partition coefficient (Wildman–Crippen LogP) is 4.89. The van der Waals surface area contributed by atoms with Gasteiger partial charge in [0.1, 0.15) is 0 Å². The molecule has 0 N–H and O–H groups in total. The van der Waals surface area contributed by atoms with Crippen molar-refractivity contribution in [1.29, 1.82) is 0 Å². The van der Waals surface area contributed by atoms with Crippen LogP contribution >= 0.6 is 0 Å². The predicted molar refractivity (Wildman–Crippen MR) is 101 cm³/mol. The molecule has 1 aromatic carbocycles. The first-order valence-electron chi connectivity index (χ1n) is 9.88. The van der Waals surface area contributed by atoms with E-state index in [0.29, 0.717) is 11.6 Å². The number of carbonyl (C=O) groups excluding carboxylic acids is 1. The average Bonchev–Trinajstić information content (AvgIpc) is 3.02.